The van der Waals surface area contributed by atoms with Crippen molar-refractivity contribution in [2.24, 2.45) is 34.8 Å². The van der Waals surface area contributed by atoms with Gasteiger partial charge in [-0.05, 0) is 69.1 Å². The number of amides is 2. The fourth-order valence-electron chi connectivity index (χ4n) is 6.11. The lowest BCUT2D eigenvalue weighted by Crippen LogP contribution is -2.66. The summed E-state index contributed by atoms with van der Waals surface area (Å²) in [6, 6.07) is 0. The third-order valence-corrected chi connectivity index (χ3v) is 6.93. The molecule has 21 heavy (non-hydrogen) atoms. The van der Waals surface area contributed by atoms with Gasteiger partial charge >= 0.3 is 0 Å². The molecule has 4 unspecified atom stereocenters. The molecule has 5 fully saturated rings. The van der Waals surface area contributed by atoms with Gasteiger partial charge in [-0.1, -0.05) is 6.92 Å². The van der Waals surface area contributed by atoms with E-state index < -0.39 is 0 Å². The van der Waals surface area contributed by atoms with Crippen LogP contribution in [-0.4, -0.2) is 17.4 Å². The maximum absolute atomic E-state index is 12.6. The second-order valence-corrected chi connectivity index (χ2v) is 8.54. The van der Waals surface area contributed by atoms with Gasteiger partial charge in [0, 0.05) is 11.5 Å². The van der Waals surface area contributed by atoms with Crippen LogP contribution in [0, 0.1) is 29.1 Å². The summed E-state index contributed by atoms with van der Waals surface area (Å²) >= 11 is 0. The molecule has 0 saturated heterocycles. The van der Waals surface area contributed by atoms with Crippen molar-refractivity contribution in [3.63, 3.8) is 0 Å². The molecule has 0 aromatic carbocycles. The summed E-state index contributed by atoms with van der Waals surface area (Å²) in [7, 11) is 0. The van der Waals surface area contributed by atoms with Crippen LogP contribution >= 0.6 is 0 Å². The number of carbonyl (C=O) groups is 2. The topological polar surface area (TPSA) is 72.2 Å². The fourth-order valence-corrected chi connectivity index (χ4v) is 6.11. The normalized spacial score (nSPS) is 50.5. The maximum Gasteiger partial charge on any atom is 0.223 e. The summed E-state index contributed by atoms with van der Waals surface area (Å²) in [4.78, 5) is 24.6. The molecule has 5 saturated carbocycles. The summed E-state index contributed by atoms with van der Waals surface area (Å²) in [6.07, 6.45) is 8.24. The average molecular weight is 290 g/mol. The monoisotopic (exact) mass is 290 g/mol. The molecule has 0 aliphatic heterocycles. The van der Waals surface area contributed by atoms with Gasteiger partial charge < -0.3 is 11.1 Å². The molecule has 5 rings (SSSR count). The average Bonchev–Trinajstić information content (AvgIpc) is 2.34. The van der Waals surface area contributed by atoms with Gasteiger partial charge in [-0.3, -0.25) is 9.59 Å². The molecule has 2 amide bonds. The summed E-state index contributed by atoms with van der Waals surface area (Å²) in [6.45, 7) is 2.17. The lowest BCUT2D eigenvalue weighted by Gasteiger charge is -2.61. The van der Waals surface area contributed by atoms with Crippen molar-refractivity contribution < 1.29 is 9.59 Å². The highest BCUT2D eigenvalue weighted by atomic mass is 16.2. The summed E-state index contributed by atoms with van der Waals surface area (Å²) < 4.78 is 0. The van der Waals surface area contributed by atoms with Crippen LogP contribution in [0.2, 0.25) is 0 Å². The molecule has 0 heterocycles. The second kappa shape index (κ2) is 4.23. The molecule has 0 radical (unpaired) electrons. The Bertz CT molecular complexity index is 487. The molecule has 116 valence electrons. The number of nitrogens with one attached hydrogen (secondary N) is 1. The van der Waals surface area contributed by atoms with E-state index in [0.29, 0.717) is 17.8 Å². The zero-order chi connectivity index (χ0) is 14.8. The van der Waals surface area contributed by atoms with E-state index in [0.717, 1.165) is 38.5 Å². The van der Waals surface area contributed by atoms with Crippen LogP contribution in [0.1, 0.15) is 58.3 Å². The number of rotatable bonds is 3. The molecule has 4 atom stereocenters. The molecule has 0 aromatic heterocycles. The van der Waals surface area contributed by atoms with E-state index in [1.807, 2.05) is 0 Å². The van der Waals surface area contributed by atoms with Crippen molar-refractivity contribution in [1.82, 2.24) is 5.32 Å². The van der Waals surface area contributed by atoms with Crippen LogP contribution in [0.4, 0.5) is 0 Å². The summed E-state index contributed by atoms with van der Waals surface area (Å²) in [5.41, 5.74) is 5.28. The third kappa shape index (κ3) is 1.94. The highest BCUT2D eigenvalue weighted by molar-refractivity contribution is 5.83. The minimum Gasteiger partial charge on any atom is -0.369 e. The van der Waals surface area contributed by atoms with Gasteiger partial charge in [-0.25, -0.2) is 0 Å². The smallest absolute Gasteiger partial charge is 0.223 e. The van der Waals surface area contributed by atoms with E-state index in [2.05, 4.69) is 12.2 Å². The van der Waals surface area contributed by atoms with Gasteiger partial charge in [0.2, 0.25) is 11.8 Å². The first-order valence-corrected chi connectivity index (χ1v) is 8.53. The Morgan fingerprint density at radius 1 is 1.10 bits per heavy atom. The Morgan fingerprint density at radius 3 is 2.24 bits per heavy atom. The van der Waals surface area contributed by atoms with Gasteiger partial charge in [0.25, 0.3) is 0 Å². The fraction of sp³-hybridized carbons (Fsp3) is 0.882. The Balaban J connectivity index is 1.56. The standard InChI is InChI=1S/C17H26N2O2/c1-10-2-3-13(10)14(20)19-17-7-11-4-12(8-17)6-16(5-11,9-17)15(18)21/h10-13H,2-9H2,1H3,(H2,18,21)(H,19,20). The van der Waals surface area contributed by atoms with Gasteiger partial charge in [-0.2, -0.15) is 0 Å². The van der Waals surface area contributed by atoms with Crippen molar-refractivity contribution in [2.75, 3.05) is 0 Å². The quantitative estimate of drug-likeness (QED) is 0.834. The van der Waals surface area contributed by atoms with Crippen LogP contribution in [0.25, 0.3) is 0 Å². The minimum absolute atomic E-state index is 0.132. The lowest BCUT2D eigenvalue weighted by atomic mass is 9.46. The van der Waals surface area contributed by atoms with Crippen molar-refractivity contribution in [1.29, 1.82) is 0 Å². The summed E-state index contributed by atoms with van der Waals surface area (Å²) in [5.74, 6) is 1.98. The van der Waals surface area contributed by atoms with Crippen molar-refractivity contribution >= 4 is 11.8 Å². The van der Waals surface area contributed by atoms with Crippen LogP contribution in [0.15, 0.2) is 0 Å². The number of primary amides is 1. The Kier molecular flexibility index (Phi) is 2.74. The first-order chi connectivity index (χ1) is 9.91. The van der Waals surface area contributed by atoms with Gasteiger partial charge in [0.05, 0.1) is 5.41 Å². The van der Waals surface area contributed by atoms with Gasteiger partial charge in [0.1, 0.15) is 0 Å². The molecule has 4 heteroatoms. The largest absolute Gasteiger partial charge is 0.369 e. The lowest BCUT2D eigenvalue weighted by molar-refractivity contribution is -0.152. The van der Waals surface area contributed by atoms with Gasteiger partial charge in [-0.15, -0.1) is 0 Å². The van der Waals surface area contributed by atoms with Crippen molar-refractivity contribution in [2.45, 2.75) is 63.8 Å². The second-order valence-electron chi connectivity index (χ2n) is 8.54. The van der Waals surface area contributed by atoms with E-state index in [1.165, 1.54) is 12.8 Å². The molecule has 4 bridgehead atoms. The van der Waals surface area contributed by atoms with E-state index in [-0.39, 0.29) is 28.7 Å². The van der Waals surface area contributed by atoms with E-state index in [4.69, 9.17) is 5.73 Å². The highest BCUT2D eigenvalue weighted by Gasteiger charge is 2.60. The Hall–Kier alpha value is -1.06. The predicted molar refractivity (Wildman–Crippen MR) is 79.1 cm³/mol. The molecular weight excluding hydrogens is 264 g/mol. The van der Waals surface area contributed by atoms with Crippen LogP contribution in [-0.2, 0) is 9.59 Å². The van der Waals surface area contributed by atoms with Crippen molar-refractivity contribution in [3.05, 3.63) is 0 Å². The zero-order valence-corrected chi connectivity index (χ0v) is 12.9. The summed E-state index contributed by atoms with van der Waals surface area (Å²) in [5, 5.41) is 3.39. The highest BCUT2D eigenvalue weighted by Crippen LogP contribution is 2.61. The third-order valence-electron chi connectivity index (χ3n) is 6.93. The molecule has 0 aromatic rings. The molecular formula is C17H26N2O2. The molecule has 0 spiro atoms. The predicted octanol–water partition coefficient (Wildman–Crippen LogP) is 1.97. The number of nitrogens with two attached hydrogens (primary N) is 1. The van der Waals surface area contributed by atoms with E-state index in [1.54, 1.807) is 0 Å². The van der Waals surface area contributed by atoms with E-state index >= 15 is 0 Å². The number of hydrogen-bond donors (Lipinski definition) is 2. The van der Waals surface area contributed by atoms with Crippen LogP contribution in [0.3, 0.4) is 0 Å². The van der Waals surface area contributed by atoms with Crippen LogP contribution < -0.4 is 11.1 Å². The molecule has 5 aliphatic rings. The van der Waals surface area contributed by atoms with Crippen LogP contribution in [0.5, 0.6) is 0 Å². The first kappa shape index (κ1) is 13.6. The first-order valence-electron chi connectivity index (χ1n) is 8.53. The Labute approximate surface area is 126 Å². The van der Waals surface area contributed by atoms with Gasteiger partial charge in [0.15, 0.2) is 0 Å². The number of hydrogen-bond acceptors (Lipinski definition) is 2. The van der Waals surface area contributed by atoms with Crippen molar-refractivity contribution in [3.8, 4) is 0 Å². The minimum atomic E-state index is -0.331. The molecule has 5 aliphatic carbocycles. The molecule has 4 nitrogen and oxygen atoms in total. The number of carbonyl (C=O) groups excluding carboxylic acids is 2. The van der Waals surface area contributed by atoms with E-state index in [9.17, 15) is 9.59 Å². The zero-order valence-electron chi connectivity index (χ0n) is 12.9. The maximum atomic E-state index is 12.6. The Morgan fingerprint density at radius 2 is 1.76 bits per heavy atom. The molecule has 3 N–H and O–H groups in total. The SMILES string of the molecule is CC1CCC1C(=O)NC12CC3CC(C1)CC(C(N)=O)(C3)C2.